The number of thiophene rings is 1. The van der Waals surface area contributed by atoms with Crippen molar-refractivity contribution in [2.24, 2.45) is 4.99 Å². The zero-order chi connectivity index (χ0) is 19.6. The third-order valence-electron chi connectivity index (χ3n) is 3.61. The highest BCUT2D eigenvalue weighted by atomic mass is 32.2. The van der Waals surface area contributed by atoms with Gasteiger partial charge in [-0.3, -0.25) is 9.79 Å². The van der Waals surface area contributed by atoms with Crippen LogP contribution in [0.4, 0.5) is 0 Å². The second kappa shape index (κ2) is 11.1. The van der Waals surface area contributed by atoms with Crippen LogP contribution in [-0.2, 0) is 14.8 Å². The fraction of sp³-hybridized carbons (Fsp3) is 0.625. The number of nitrogens with one attached hydrogen (secondary N) is 2. The average Bonchev–Trinajstić information content (AvgIpc) is 3.14. The molecular formula is C16H29N5O3S2. The third-order valence-corrected chi connectivity index (χ3v) is 6.47. The number of carbonyl (C=O) groups excluding carboxylic acids is 1. The molecule has 0 aliphatic rings. The Morgan fingerprint density at radius 3 is 2.50 bits per heavy atom. The molecule has 148 valence electrons. The van der Waals surface area contributed by atoms with Crippen LogP contribution in [0.1, 0.15) is 20.8 Å². The molecule has 0 aliphatic heterocycles. The molecule has 0 unspecified atom stereocenters. The van der Waals surface area contributed by atoms with Crippen LogP contribution in [0.2, 0.25) is 0 Å². The molecule has 2 N–H and O–H groups in total. The van der Waals surface area contributed by atoms with Crippen molar-refractivity contribution in [3.8, 4) is 0 Å². The molecule has 1 aromatic rings. The normalized spacial score (nSPS) is 12.1. The first-order valence-electron chi connectivity index (χ1n) is 8.66. The zero-order valence-electron chi connectivity index (χ0n) is 15.9. The Morgan fingerprint density at radius 1 is 1.27 bits per heavy atom. The molecule has 1 amide bonds. The molecule has 0 atom stereocenters. The van der Waals surface area contributed by atoms with Gasteiger partial charge in [0.15, 0.2) is 5.96 Å². The van der Waals surface area contributed by atoms with Crippen LogP contribution in [0.25, 0.3) is 0 Å². The summed E-state index contributed by atoms with van der Waals surface area (Å²) < 4.78 is 26.9. The number of nitrogens with zero attached hydrogens (tertiary/aromatic N) is 3. The van der Waals surface area contributed by atoms with Crippen molar-refractivity contribution < 1.29 is 13.2 Å². The van der Waals surface area contributed by atoms with Gasteiger partial charge >= 0.3 is 0 Å². The van der Waals surface area contributed by atoms with Gasteiger partial charge < -0.3 is 15.1 Å². The van der Waals surface area contributed by atoms with E-state index in [-0.39, 0.29) is 29.8 Å². The molecule has 0 radical (unpaired) electrons. The number of carbonyl (C=O) groups is 1. The molecule has 0 bridgehead atoms. The van der Waals surface area contributed by atoms with E-state index < -0.39 is 10.0 Å². The quantitative estimate of drug-likeness (QED) is 0.342. The Balaban J connectivity index is 2.61. The molecule has 1 aromatic heterocycles. The second-order valence-corrected chi connectivity index (χ2v) is 8.43. The van der Waals surface area contributed by atoms with Crippen LogP contribution in [0.5, 0.6) is 0 Å². The highest BCUT2D eigenvalue weighted by Gasteiger charge is 2.16. The van der Waals surface area contributed by atoms with Crippen LogP contribution < -0.4 is 10.0 Å². The number of aliphatic imine (C=N–C) groups is 1. The Morgan fingerprint density at radius 2 is 1.96 bits per heavy atom. The maximum Gasteiger partial charge on any atom is 0.250 e. The Labute approximate surface area is 160 Å². The molecule has 0 saturated heterocycles. The van der Waals surface area contributed by atoms with Crippen LogP contribution in [0, 0.1) is 0 Å². The fourth-order valence-corrected chi connectivity index (χ4v) is 4.31. The van der Waals surface area contributed by atoms with E-state index in [2.05, 4.69) is 15.0 Å². The molecule has 0 aromatic carbocycles. The SMILES string of the molecule is CCNC(=NCCNS(=O)(=O)c1cccs1)N(C)CC(=O)N(CC)CC. The number of sulfonamides is 1. The number of rotatable bonds is 10. The van der Waals surface area contributed by atoms with E-state index in [1.54, 1.807) is 34.4 Å². The summed E-state index contributed by atoms with van der Waals surface area (Å²) in [5.74, 6) is 0.602. The molecular weight excluding hydrogens is 374 g/mol. The average molecular weight is 404 g/mol. The lowest BCUT2D eigenvalue weighted by atomic mass is 10.4. The van der Waals surface area contributed by atoms with Gasteiger partial charge in [0.1, 0.15) is 4.21 Å². The van der Waals surface area contributed by atoms with Crippen molar-refractivity contribution in [2.45, 2.75) is 25.0 Å². The van der Waals surface area contributed by atoms with Gasteiger partial charge in [-0.1, -0.05) is 6.07 Å². The largest absolute Gasteiger partial charge is 0.357 e. The van der Waals surface area contributed by atoms with Crippen molar-refractivity contribution >= 4 is 33.2 Å². The Kier molecular flexibility index (Phi) is 9.60. The fourth-order valence-electron chi connectivity index (χ4n) is 2.25. The smallest absolute Gasteiger partial charge is 0.250 e. The predicted octanol–water partition coefficient (Wildman–Crippen LogP) is 0.792. The second-order valence-electron chi connectivity index (χ2n) is 5.49. The van der Waals surface area contributed by atoms with Gasteiger partial charge in [0.25, 0.3) is 0 Å². The number of likely N-dealkylation sites (N-methyl/N-ethyl adjacent to an activating group) is 2. The van der Waals surface area contributed by atoms with Crippen molar-refractivity contribution in [1.82, 2.24) is 19.8 Å². The van der Waals surface area contributed by atoms with Crippen molar-refractivity contribution in [2.75, 3.05) is 46.3 Å². The molecule has 1 rings (SSSR count). The lowest BCUT2D eigenvalue weighted by Gasteiger charge is -2.25. The minimum atomic E-state index is -3.48. The van der Waals surface area contributed by atoms with Gasteiger partial charge in [-0.25, -0.2) is 13.1 Å². The summed E-state index contributed by atoms with van der Waals surface area (Å²) in [7, 11) is -1.69. The van der Waals surface area contributed by atoms with Gasteiger partial charge in [-0.05, 0) is 32.2 Å². The predicted molar refractivity (Wildman–Crippen MR) is 106 cm³/mol. The summed E-state index contributed by atoms with van der Waals surface area (Å²) in [5.41, 5.74) is 0. The van der Waals surface area contributed by atoms with E-state index in [9.17, 15) is 13.2 Å². The van der Waals surface area contributed by atoms with Gasteiger partial charge in [0, 0.05) is 33.2 Å². The molecule has 0 aliphatic carbocycles. The Hall–Kier alpha value is -1.65. The van der Waals surface area contributed by atoms with Crippen molar-refractivity contribution in [3.63, 3.8) is 0 Å². The van der Waals surface area contributed by atoms with Crippen molar-refractivity contribution in [3.05, 3.63) is 17.5 Å². The molecule has 26 heavy (non-hydrogen) atoms. The minimum Gasteiger partial charge on any atom is -0.357 e. The molecule has 0 fully saturated rings. The van der Waals surface area contributed by atoms with E-state index in [0.717, 1.165) is 0 Å². The zero-order valence-corrected chi connectivity index (χ0v) is 17.5. The first kappa shape index (κ1) is 22.4. The highest BCUT2D eigenvalue weighted by Crippen LogP contribution is 2.14. The molecule has 8 nitrogen and oxygen atoms in total. The maximum absolute atomic E-state index is 12.2. The van der Waals surface area contributed by atoms with Crippen molar-refractivity contribution in [1.29, 1.82) is 0 Å². The van der Waals surface area contributed by atoms with E-state index in [1.807, 2.05) is 20.8 Å². The van der Waals surface area contributed by atoms with Gasteiger partial charge in [-0.15, -0.1) is 11.3 Å². The van der Waals surface area contributed by atoms with Crippen LogP contribution in [0.15, 0.2) is 26.7 Å². The standard InChI is InChI=1S/C16H29N5O3S2/c1-5-17-16(20(4)13-14(22)21(6-2)7-3)18-10-11-19-26(23,24)15-9-8-12-25-15/h8-9,12,19H,5-7,10-11,13H2,1-4H3,(H,17,18). The number of amides is 1. The van der Waals surface area contributed by atoms with E-state index in [1.165, 1.54) is 11.3 Å². The minimum absolute atomic E-state index is 0.0292. The van der Waals surface area contributed by atoms with E-state index >= 15 is 0 Å². The first-order valence-corrected chi connectivity index (χ1v) is 11.0. The number of guanidine groups is 1. The lowest BCUT2D eigenvalue weighted by molar-refractivity contribution is -0.131. The molecule has 1 heterocycles. The summed E-state index contributed by atoms with van der Waals surface area (Å²) in [4.78, 5) is 20.1. The summed E-state index contributed by atoms with van der Waals surface area (Å²) in [6, 6.07) is 3.26. The molecule has 10 heteroatoms. The Bertz CT molecular complexity index is 670. The summed E-state index contributed by atoms with van der Waals surface area (Å²) in [6.07, 6.45) is 0. The number of hydrogen-bond acceptors (Lipinski definition) is 5. The third kappa shape index (κ3) is 6.93. The summed E-state index contributed by atoms with van der Waals surface area (Å²) in [6.45, 7) is 8.50. The van der Waals surface area contributed by atoms with E-state index in [4.69, 9.17) is 0 Å². The van der Waals surface area contributed by atoms with Crippen LogP contribution in [0.3, 0.4) is 0 Å². The lowest BCUT2D eigenvalue weighted by Crippen LogP contribution is -2.46. The van der Waals surface area contributed by atoms with Crippen LogP contribution >= 0.6 is 11.3 Å². The number of hydrogen-bond donors (Lipinski definition) is 2. The van der Waals surface area contributed by atoms with Gasteiger partial charge in [-0.2, -0.15) is 0 Å². The van der Waals surface area contributed by atoms with Crippen LogP contribution in [-0.4, -0.2) is 76.4 Å². The van der Waals surface area contributed by atoms with Gasteiger partial charge in [0.05, 0.1) is 13.1 Å². The molecule has 0 saturated carbocycles. The first-order chi connectivity index (χ1) is 12.4. The van der Waals surface area contributed by atoms with E-state index in [0.29, 0.717) is 25.6 Å². The summed E-state index contributed by atoms with van der Waals surface area (Å²) >= 11 is 1.17. The summed E-state index contributed by atoms with van der Waals surface area (Å²) in [5, 5.41) is 4.84. The topological polar surface area (TPSA) is 94.1 Å². The molecule has 0 spiro atoms. The highest BCUT2D eigenvalue weighted by molar-refractivity contribution is 7.91. The monoisotopic (exact) mass is 403 g/mol. The maximum atomic E-state index is 12.2. The van der Waals surface area contributed by atoms with Gasteiger partial charge in [0.2, 0.25) is 15.9 Å².